The molecule has 100 valence electrons. The first kappa shape index (κ1) is 12.6. The van der Waals surface area contributed by atoms with E-state index in [2.05, 4.69) is 23.3 Å². The van der Waals surface area contributed by atoms with E-state index in [0.29, 0.717) is 0 Å². The summed E-state index contributed by atoms with van der Waals surface area (Å²) in [7, 11) is 1.91. The maximum atomic E-state index is 13.2. The van der Waals surface area contributed by atoms with Crippen LogP contribution in [0.1, 0.15) is 5.56 Å². The van der Waals surface area contributed by atoms with Gasteiger partial charge in [-0.1, -0.05) is 12.1 Å². The van der Waals surface area contributed by atoms with E-state index in [1.165, 1.54) is 17.7 Å². The van der Waals surface area contributed by atoms with Crippen molar-refractivity contribution in [1.82, 2.24) is 4.98 Å². The van der Waals surface area contributed by atoms with E-state index in [0.717, 1.165) is 27.8 Å². The molecule has 3 rings (SSSR count). The fraction of sp³-hybridized carbons (Fsp3) is 0.118. The van der Waals surface area contributed by atoms with Crippen molar-refractivity contribution in [2.24, 2.45) is 0 Å². The summed E-state index contributed by atoms with van der Waals surface area (Å²) >= 11 is 0. The Balaban J connectivity index is 2.10. The standard InChI is InChI=1S/C17H15FN2/c1-11-9-12(3-6-15(11)19-2)16-7-4-13-10-14(18)5-8-17(13)20-16/h3-10,19H,1-2H3. The Labute approximate surface area is 117 Å². The quantitative estimate of drug-likeness (QED) is 0.744. The van der Waals surface area contributed by atoms with E-state index < -0.39 is 0 Å². The van der Waals surface area contributed by atoms with Crippen LogP contribution in [0, 0.1) is 12.7 Å². The van der Waals surface area contributed by atoms with E-state index in [-0.39, 0.29) is 5.82 Å². The molecule has 0 radical (unpaired) electrons. The van der Waals surface area contributed by atoms with Crippen LogP contribution in [0.3, 0.4) is 0 Å². The molecule has 0 bridgehead atoms. The molecule has 0 unspecified atom stereocenters. The van der Waals surface area contributed by atoms with Crippen LogP contribution in [0.4, 0.5) is 10.1 Å². The molecular formula is C17H15FN2. The lowest BCUT2D eigenvalue weighted by molar-refractivity contribution is 0.629. The Morgan fingerprint density at radius 3 is 2.60 bits per heavy atom. The average Bonchev–Trinajstić information content (AvgIpc) is 2.46. The van der Waals surface area contributed by atoms with Crippen molar-refractivity contribution in [3.8, 4) is 11.3 Å². The first-order chi connectivity index (χ1) is 9.67. The summed E-state index contributed by atoms with van der Waals surface area (Å²) in [5.41, 5.74) is 5.05. The van der Waals surface area contributed by atoms with Crippen molar-refractivity contribution in [3.05, 3.63) is 59.9 Å². The number of hydrogen-bond donors (Lipinski definition) is 1. The van der Waals surface area contributed by atoms with E-state index in [1.807, 2.05) is 31.3 Å². The van der Waals surface area contributed by atoms with Gasteiger partial charge in [0.15, 0.2) is 0 Å². The van der Waals surface area contributed by atoms with Crippen LogP contribution in [-0.2, 0) is 0 Å². The molecular weight excluding hydrogens is 251 g/mol. The predicted octanol–water partition coefficient (Wildman–Crippen LogP) is 4.39. The van der Waals surface area contributed by atoms with Gasteiger partial charge >= 0.3 is 0 Å². The molecule has 0 spiro atoms. The van der Waals surface area contributed by atoms with E-state index in [1.54, 1.807) is 6.07 Å². The maximum absolute atomic E-state index is 13.2. The van der Waals surface area contributed by atoms with Crippen LogP contribution < -0.4 is 5.32 Å². The van der Waals surface area contributed by atoms with Gasteiger partial charge in [-0.25, -0.2) is 9.37 Å². The van der Waals surface area contributed by atoms with Crippen molar-refractivity contribution in [2.45, 2.75) is 6.92 Å². The van der Waals surface area contributed by atoms with Gasteiger partial charge in [0.05, 0.1) is 11.2 Å². The minimum Gasteiger partial charge on any atom is -0.388 e. The summed E-state index contributed by atoms with van der Waals surface area (Å²) in [5, 5.41) is 3.96. The molecule has 0 aliphatic rings. The number of aromatic nitrogens is 1. The predicted molar refractivity (Wildman–Crippen MR) is 81.4 cm³/mol. The van der Waals surface area contributed by atoms with Gasteiger partial charge in [0, 0.05) is 23.7 Å². The van der Waals surface area contributed by atoms with Crippen molar-refractivity contribution < 1.29 is 4.39 Å². The number of rotatable bonds is 2. The van der Waals surface area contributed by atoms with Gasteiger partial charge in [-0.15, -0.1) is 0 Å². The first-order valence-electron chi connectivity index (χ1n) is 6.52. The molecule has 2 nitrogen and oxygen atoms in total. The molecule has 0 fully saturated rings. The molecule has 1 N–H and O–H groups in total. The monoisotopic (exact) mass is 266 g/mol. The minimum absolute atomic E-state index is 0.235. The molecule has 1 heterocycles. The van der Waals surface area contributed by atoms with E-state index in [4.69, 9.17) is 0 Å². The van der Waals surface area contributed by atoms with Gasteiger partial charge in [-0.3, -0.25) is 0 Å². The highest BCUT2D eigenvalue weighted by molar-refractivity contribution is 5.81. The van der Waals surface area contributed by atoms with Gasteiger partial charge in [0.2, 0.25) is 0 Å². The number of aryl methyl sites for hydroxylation is 1. The van der Waals surface area contributed by atoms with Crippen molar-refractivity contribution in [1.29, 1.82) is 0 Å². The van der Waals surface area contributed by atoms with Gasteiger partial charge in [0.1, 0.15) is 5.82 Å². The summed E-state index contributed by atoms with van der Waals surface area (Å²) in [6.45, 7) is 2.06. The highest BCUT2D eigenvalue weighted by Gasteiger charge is 2.04. The number of halogens is 1. The third kappa shape index (κ3) is 2.23. The normalized spacial score (nSPS) is 10.8. The summed E-state index contributed by atoms with van der Waals surface area (Å²) in [6, 6.07) is 14.7. The van der Waals surface area contributed by atoms with Crippen molar-refractivity contribution >= 4 is 16.6 Å². The molecule has 20 heavy (non-hydrogen) atoms. The third-order valence-electron chi connectivity index (χ3n) is 3.44. The number of fused-ring (bicyclic) bond motifs is 1. The fourth-order valence-corrected chi connectivity index (χ4v) is 2.36. The first-order valence-corrected chi connectivity index (χ1v) is 6.52. The molecule has 1 aromatic heterocycles. The van der Waals surface area contributed by atoms with Gasteiger partial charge < -0.3 is 5.32 Å². The molecule has 3 heteroatoms. The lowest BCUT2D eigenvalue weighted by Crippen LogP contribution is -1.92. The van der Waals surface area contributed by atoms with Gasteiger partial charge in [-0.2, -0.15) is 0 Å². The second-order valence-corrected chi connectivity index (χ2v) is 4.81. The summed E-state index contributed by atoms with van der Waals surface area (Å²) in [5.74, 6) is -0.235. The van der Waals surface area contributed by atoms with Crippen LogP contribution in [0.2, 0.25) is 0 Å². The van der Waals surface area contributed by atoms with Crippen LogP contribution in [-0.4, -0.2) is 12.0 Å². The molecule has 3 aromatic rings. The molecule has 0 amide bonds. The fourth-order valence-electron chi connectivity index (χ4n) is 2.36. The maximum Gasteiger partial charge on any atom is 0.123 e. The average molecular weight is 266 g/mol. The van der Waals surface area contributed by atoms with Crippen molar-refractivity contribution in [2.75, 3.05) is 12.4 Å². The summed E-state index contributed by atoms with van der Waals surface area (Å²) < 4.78 is 13.2. The van der Waals surface area contributed by atoms with E-state index >= 15 is 0 Å². The van der Waals surface area contributed by atoms with Crippen LogP contribution in [0.15, 0.2) is 48.5 Å². The van der Waals surface area contributed by atoms with Crippen LogP contribution in [0.5, 0.6) is 0 Å². The molecule has 0 saturated carbocycles. The zero-order valence-electron chi connectivity index (χ0n) is 11.4. The molecule has 0 aliphatic heterocycles. The lowest BCUT2D eigenvalue weighted by Gasteiger charge is -2.08. The zero-order valence-corrected chi connectivity index (χ0v) is 11.4. The number of benzene rings is 2. The van der Waals surface area contributed by atoms with Gasteiger partial charge in [0.25, 0.3) is 0 Å². The summed E-state index contributed by atoms with van der Waals surface area (Å²) in [6.07, 6.45) is 0. The zero-order chi connectivity index (χ0) is 14.1. The SMILES string of the molecule is CNc1ccc(-c2ccc3cc(F)ccc3n2)cc1C. The molecule has 0 atom stereocenters. The molecule has 2 aromatic carbocycles. The number of nitrogens with zero attached hydrogens (tertiary/aromatic N) is 1. The Kier molecular flexibility index (Phi) is 3.11. The topological polar surface area (TPSA) is 24.9 Å². The van der Waals surface area contributed by atoms with Gasteiger partial charge in [-0.05, 0) is 48.9 Å². The Morgan fingerprint density at radius 1 is 1.00 bits per heavy atom. The largest absolute Gasteiger partial charge is 0.388 e. The summed E-state index contributed by atoms with van der Waals surface area (Å²) in [4.78, 5) is 4.60. The number of anilines is 1. The number of pyridine rings is 1. The minimum atomic E-state index is -0.235. The van der Waals surface area contributed by atoms with Crippen molar-refractivity contribution in [3.63, 3.8) is 0 Å². The lowest BCUT2D eigenvalue weighted by atomic mass is 10.1. The smallest absolute Gasteiger partial charge is 0.123 e. The Morgan fingerprint density at radius 2 is 1.85 bits per heavy atom. The second-order valence-electron chi connectivity index (χ2n) is 4.81. The second kappa shape index (κ2) is 4.93. The van der Waals surface area contributed by atoms with E-state index in [9.17, 15) is 4.39 Å². The molecule has 0 aliphatic carbocycles. The highest BCUT2D eigenvalue weighted by Crippen LogP contribution is 2.25. The molecule has 0 saturated heterocycles. The highest BCUT2D eigenvalue weighted by atomic mass is 19.1. The number of hydrogen-bond acceptors (Lipinski definition) is 2. The Hall–Kier alpha value is -2.42. The van der Waals surface area contributed by atoms with Crippen LogP contribution >= 0.6 is 0 Å². The van der Waals surface area contributed by atoms with Crippen LogP contribution in [0.25, 0.3) is 22.2 Å². The Bertz CT molecular complexity index is 781. The number of nitrogens with one attached hydrogen (secondary N) is 1. The third-order valence-corrected chi connectivity index (χ3v) is 3.44.